The molecule has 1 N–H and O–H groups in total. The molecule has 0 fully saturated rings. The van der Waals surface area contributed by atoms with Crippen LogP contribution in [0, 0.1) is 6.92 Å². The highest BCUT2D eigenvalue weighted by atomic mass is 16.5. The minimum atomic E-state index is -0.788. The number of nitrogens with one attached hydrogen (secondary N) is 1. The first-order valence-corrected chi connectivity index (χ1v) is 10.6. The molecule has 1 unspecified atom stereocenters. The first-order valence-electron chi connectivity index (χ1n) is 10.6. The largest absolute Gasteiger partial charge is 0.496 e. The molecule has 0 radical (unpaired) electrons. The Labute approximate surface area is 187 Å². The number of fused-ring (bicyclic) bond motifs is 1. The molecule has 3 aromatic carbocycles. The second-order valence-electron chi connectivity index (χ2n) is 7.70. The Hall–Kier alpha value is -3.80. The zero-order valence-corrected chi connectivity index (χ0v) is 18.2. The number of carbonyl (C=O) groups excluding carboxylic acids is 2. The van der Waals surface area contributed by atoms with E-state index in [-0.39, 0.29) is 18.4 Å². The lowest BCUT2D eigenvalue weighted by molar-refractivity contribution is -0.127. The fourth-order valence-corrected chi connectivity index (χ4v) is 3.82. The van der Waals surface area contributed by atoms with Gasteiger partial charge in [-0.3, -0.25) is 9.59 Å². The molecule has 1 aliphatic rings. The lowest BCUT2D eigenvalue weighted by Gasteiger charge is -2.34. The van der Waals surface area contributed by atoms with Crippen LogP contribution in [-0.4, -0.2) is 38.1 Å². The summed E-state index contributed by atoms with van der Waals surface area (Å²) in [5.41, 5.74) is 3.20. The van der Waals surface area contributed by atoms with Gasteiger partial charge in [0.25, 0.3) is 11.8 Å². The molecule has 0 spiro atoms. The molecule has 1 heterocycles. The highest BCUT2D eigenvalue weighted by molar-refractivity contribution is 6.08. The fourth-order valence-electron chi connectivity index (χ4n) is 3.82. The minimum absolute atomic E-state index is 0.137. The van der Waals surface area contributed by atoms with Crippen molar-refractivity contribution in [2.75, 3.05) is 25.1 Å². The molecule has 1 aliphatic heterocycles. The molecular formula is C26H26N2O4. The van der Waals surface area contributed by atoms with Crippen molar-refractivity contribution in [2.24, 2.45) is 0 Å². The molecule has 2 amide bonds. The summed E-state index contributed by atoms with van der Waals surface area (Å²) in [6.07, 6.45) is -0.0621. The maximum Gasteiger partial charge on any atom is 0.262 e. The molecule has 1 atom stereocenters. The number of aryl methyl sites for hydroxylation is 1. The second-order valence-corrected chi connectivity index (χ2v) is 7.70. The number of hydrogen-bond acceptors (Lipinski definition) is 4. The highest BCUT2D eigenvalue weighted by Gasteiger charge is 2.34. The minimum Gasteiger partial charge on any atom is -0.496 e. The highest BCUT2D eigenvalue weighted by Crippen LogP contribution is 2.34. The average molecular weight is 431 g/mol. The van der Waals surface area contributed by atoms with Crippen LogP contribution in [0.5, 0.6) is 11.5 Å². The molecular weight excluding hydrogens is 404 g/mol. The zero-order chi connectivity index (χ0) is 22.5. The number of amides is 2. The summed E-state index contributed by atoms with van der Waals surface area (Å²) in [6, 6.07) is 22.6. The van der Waals surface area contributed by atoms with Crippen LogP contribution in [0.15, 0.2) is 72.8 Å². The van der Waals surface area contributed by atoms with Gasteiger partial charge in [-0.05, 0) is 54.8 Å². The SMILES string of the molecule is COc1ccc(C(=O)N2CC(C(=O)NCCc3ccccc3)Oc3ccccc32)cc1C. The van der Waals surface area contributed by atoms with E-state index >= 15 is 0 Å². The van der Waals surface area contributed by atoms with Crippen LogP contribution in [0.25, 0.3) is 0 Å². The predicted octanol–water partition coefficient (Wildman–Crippen LogP) is 3.77. The molecule has 3 aromatic rings. The summed E-state index contributed by atoms with van der Waals surface area (Å²) in [6.45, 7) is 2.53. The predicted molar refractivity (Wildman–Crippen MR) is 123 cm³/mol. The van der Waals surface area contributed by atoms with Crippen LogP contribution in [0.4, 0.5) is 5.69 Å². The van der Waals surface area contributed by atoms with Gasteiger partial charge in [0.15, 0.2) is 6.10 Å². The quantitative estimate of drug-likeness (QED) is 0.647. The third kappa shape index (κ3) is 4.59. The monoisotopic (exact) mass is 430 g/mol. The number of rotatable bonds is 6. The molecule has 6 nitrogen and oxygen atoms in total. The number of carbonyl (C=O) groups is 2. The van der Waals surface area contributed by atoms with Gasteiger partial charge >= 0.3 is 0 Å². The van der Waals surface area contributed by atoms with Crippen LogP contribution < -0.4 is 19.7 Å². The zero-order valence-electron chi connectivity index (χ0n) is 18.2. The van der Waals surface area contributed by atoms with Crippen molar-refractivity contribution < 1.29 is 19.1 Å². The third-order valence-corrected chi connectivity index (χ3v) is 5.51. The van der Waals surface area contributed by atoms with E-state index in [2.05, 4.69) is 5.32 Å². The molecule has 0 aromatic heterocycles. The average Bonchev–Trinajstić information content (AvgIpc) is 2.83. The molecule has 0 bridgehead atoms. The maximum atomic E-state index is 13.4. The van der Waals surface area contributed by atoms with Gasteiger partial charge < -0.3 is 19.7 Å². The second kappa shape index (κ2) is 9.56. The number of hydrogen-bond donors (Lipinski definition) is 1. The lowest BCUT2D eigenvalue weighted by Crippen LogP contribution is -2.51. The molecule has 4 rings (SSSR count). The van der Waals surface area contributed by atoms with E-state index in [4.69, 9.17) is 9.47 Å². The van der Waals surface area contributed by atoms with Crippen LogP contribution >= 0.6 is 0 Å². The van der Waals surface area contributed by atoms with Gasteiger partial charge in [-0.1, -0.05) is 42.5 Å². The van der Waals surface area contributed by atoms with Crippen molar-refractivity contribution in [1.29, 1.82) is 0 Å². The van der Waals surface area contributed by atoms with Crippen LogP contribution in [0.2, 0.25) is 0 Å². The molecule has 6 heteroatoms. The molecule has 164 valence electrons. The summed E-state index contributed by atoms with van der Waals surface area (Å²) in [4.78, 5) is 27.8. The lowest BCUT2D eigenvalue weighted by atomic mass is 10.1. The molecule has 0 aliphatic carbocycles. The van der Waals surface area contributed by atoms with Crippen molar-refractivity contribution in [3.8, 4) is 11.5 Å². The van der Waals surface area contributed by atoms with Crippen LogP contribution in [-0.2, 0) is 11.2 Å². The fraction of sp³-hybridized carbons (Fsp3) is 0.231. The van der Waals surface area contributed by atoms with Crippen LogP contribution in [0.3, 0.4) is 0 Å². The third-order valence-electron chi connectivity index (χ3n) is 5.51. The number of anilines is 1. The summed E-state index contributed by atoms with van der Waals surface area (Å²) in [5.74, 6) is 0.813. The van der Waals surface area contributed by atoms with E-state index < -0.39 is 6.10 Å². The maximum absolute atomic E-state index is 13.4. The number of para-hydroxylation sites is 2. The van der Waals surface area contributed by atoms with Gasteiger partial charge in [0, 0.05) is 12.1 Å². The van der Waals surface area contributed by atoms with Gasteiger partial charge in [-0.2, -0.15) is 0 Å². The van der Waals surface area contributed by atoms with Gasteiger partial charge in [0.2, 0.25) is 0 Å². The van der Waals surface area contributed by atoms with Crippen molar-refractivity contribution in [3.05, 3.63) is 89.5 Å². The van der Waals surface area contributed by atoms with E-state index in [0.717, 1.165) is 23.3 Å². The van der Waals surface area contributed by atoms with Gasteiger partial charge in [0.05, 0.1) is 19.3 Å². The van der Waals surface area contributed by atoms with Crippen molar-refractivity contribution in [2.45, 2.75) is 19.4 Å². The van der Waals surface area contributed by atoms with Crippen LogP contribution in [0.1, 0.15) is 21.5 Å². The Balaban J connectivity index is 1.50. The molecule has 0 saturated heterocycles. The van der Waals surface area contributed by atoms with E-state index in [1.807, 2.05) is 55.5 Å². The first kappa shape index (κ1) is 21.4. The normalized spacial score (nSPS) is 14.8. The van der Waals surface area contributed by atoms with E-state index in [1.54, 1.807) is 36.3 Å². The summed E-state index contributed by atoms with van der Waals surface area (Å²) in [7, 11) is 1.60. The standard InChI is InChI=1S/C26H26N2O4/c1-18-16-20(12-13-22(18)31-2)26(30)28-17-24(32-23-11-7-6-10-21(23)28)25(29)27-15-14-19-8-4-3-5-9-19/h3-13,16,24H,14-15,17H2,1-2H3,(H,27,29). The Bertz CT molecular complexity index is 1110. The summed E-state index contributed by atoms with van der Waals surface area (Å²) < 4.78 is 11.2. The van der Waals surface area contributed by atoms with Gasteiger partial charge in [-0.25, -0.2) is 0 Å². The Morgan fingerprint density at radius 3 is 2.56 bits per heavy atom. The summed E-state index contributed by atoms with van der Waals surface area (Å²) >= 11 is 0. The van der Waals surface area contributed by atoms with Crippen molar-refractivity contribution >= 4 is 17.5 Å². The molecule has 0 saturated carbocycles. The molecule has 32 heavy (non-hydrogen) atoms. The smallest absolute Gasteiger partial charge is 0.262 e. The Kier molecular flexibility index (Phi) is 6.40. The van der Waals surface area contributed by atoms with E-state index in [1.165, 1.54) is 0 Å². The van der Waals surface area contributed by atoms with Crippen molar-refractivity contribution in [3.63, 3.8) is 0 Å². The number of ether oxygens (including phenoxy) is 2. The number of methoxy groups -OCH3 is 1. The number of nitrogens with zero attached hydrogens (tertiary/aromatic N) is 1. The number of benzene rings is 3. The Morgan fingerprint density at radius 1 is 1.06 bits per heavy atom. The van der Waals surface area contributed by atoms with E-state index in [9.17, 15) is 9.59 Å². The van der Waals surface area contributed by atoms with E-state index in [0.29, 0.717) is 23.5 Å². The van der Waals surface area contributed by atoms with Gasteiger partial charge in [0.1, 0.15) is 11.5 Å². The summed E-state index contributed by atoms with van der Waals surface area (Å²) in [5, 5.41) is 2.94. The topological polar surface area (TPSA) is 67.9 Å². The van der Waals surface area contributed by atoms with Gasteiger partial charge in [-0.15, -0.1) is 0 Å². The first-order chi connectivity index (χ1) is 15.6. The Morgan fingerprint density at radius 2 is 1.81 bits per heavy atom. The van der Waals surface area contributed by atoms with Crippen molar-refractivity contribution in [1.82, 2.24) is 5.32 Å².